The molecule has 2 aromatic carbocycles. The van der Waals surface area contributed by atoms with E-state index in [1.54, 1.807) is 41.3 Å². The Kier molecular flexibility index (Phi) is 7.37. The van der Waals surface area contributed by atoms with E-state index >= 15 is 0 Å². The number of phenols is 1. The van der Waals surface area contributed by atoms with E-state index in [9.17, 15) is 9.90 Å². The summed E-state index contributed by atoms with van der Waals surface area (Å²) in [5.41, 5.74) is 4.98. The summed E-state index contributed by atoms with van der Waals surface area (Å²) < 4.78 is 11.9. The number of amides is 1. The molecule has 1 aliphatic heterocycles. The minimum atomic E-state index is -0.0568. The standard InChI is InChI=1S/C30H28Cl2N2O4/c1-4-25-20(11-13-27(36)34(25)21-12-8-17(2)26(35)15-21)14-18(3)37-16-22-29(33-38-30(22)19-9-10-19)28-23(31)6-5-7-24(28)32/h4-8,12,14-15,19,35H,1,9-11,13,16H2,2-3H3/b18-14+. The number of ether oxygens (including phenoxy) is 1. The van der Waals surface area contributed by atoms with Crippen LogP contribution in [0.3, 0.4) is 0 Å². The van der Waals surface area contributed by atoms with Gasteiger partial charge in [-0.05, 0) is 74.6 Å². The molecule has 1 N–H and O–H groups in total. The minimum absolute atomic E-state index is 0.0568. The molecule has 8 heteroatoms. The first-order valence-corrected chi connectivity index (χ1v) is 13.3. The third-order valence-electron chi connectivity index (χ3n) is 6.86. The highest BCUT2D eigenvalue weighted by Crippen LogP contribution is 2.46. The maximum absolute atomic E-state index is 12.9. The van der Waals surface area contributed by atoms with Crippen molar-refractivity contribution < 1.29 is 19.2 Å². The monoisotopic (exact) mass is 550 g/mol. The molecule has 1 aromatic heterocycles. The molecule has 2 aliphatic rings. The zero-order chi connectivity index (χ0) is 27.0. The molecule has 38 heavy (non-hydrogen) atoms. The highest BCUT2D eigenvalue weighted by atomic mass is 35.5. The molecule has 0 atom stereocenters. The van der Waals surface area contributed by atoms with Crippen molar-refractivity contribution in [3.8, 4) is 17.0 Å². The van der Waals surface area contributed by atoms with Gasteiger partial charge in [-0.1, -0.05) is 47.1 Å². The number of aromatic hydroxyl groups is 1. The van der Waals surface area contributed by atoms with E-state index in [1.165, 1.54) is 0 Å². The van der Waals surface area contributed by atoms with Crippen molar-refractivity contribution in [3.63, 3.8) is 0 Å². The quantitative estimate of drug-likeness (QED) is 0.286. The van der Waals surface area contributed by atoms with Gasteiger partial charge in [0.05, 0.1) is 32.8 Å². The van der Waals surface area contributed by atoms with Gasteiger partial charge < -0.3 is 14.4 Å². The van der Waals surface area contributed by atoms with Crippen molar-refractivity contribution in [3.05, 3.63) is 99.1 Å². The Bertz CT molecular complexity index is 1460. The summed E-state index contributed by atoms with van der Waals surface area (Å²) in [5.74, 6) is 1.87. The van der Waals surface area contributed by atoms with Crippen molar-refractivity contribution in [2.24, 2.45) is 0 Å². The zero-order valence-electron chi connectivity index (χ0n) is 21.3. The molecular weight excluding hydrogens is 523 g/mol. The average molecular weight is 551 g/mol. The first-order valence-electron chi connectivity index (χ1n) is 12.5. The number of carbonyl (C=O) groups excluding carboxylic acids is 1. The van der Waals surface area contributed by atoms with Crippen LogP contribution in [0.25, 0.3) is 11.3 Å². The fraction of sp³-hybridized carbons (Fsp3) is 0.267. The fourth-order valence-corrected chi connectivity index (χ4v) is 5.25. The minimum Gasteiger partial charge on any atom is -0.508 e. The molecule has 3 aromatic rings. The van der Waals surface area contributed by atoms with Crippen molar-refractivity contribution in [1.29, 1.82) is 0 Å². The summed E-state index contributed by atoms with van der Waals surface area (Å²) in [7, 11) is 0. The number of aromatic nitrogens is 1. The molecule has 2 heterocycles. The molecule has 1 amide bonds. The number of aryl methyl sites for hydroxylation is 1. The van der Waals surface area contributed by atoms with Gasteiger partial charge >= 0.3 is 0 Å². The van der Waals surface area contributed by atoms with E-state index in [-0.39, 0.29) is 18.3 Å². The second-order valence-electron chi connectivity index (χ2n) is 9.60. The van der Waals surface area contributed by atoms with Crippen LogP contribution in [-0.2, 0) is 16.1 Å². The lowest BCUT2D eigenvalue weighted by molar-refractivity contribution is -0.118. The Labute approximate surface area is 231 Å². The van der Waals surface area contributed by atoms with Crippen LogP contribution in [0, 0.1) is 6.92 Å². The van der Waals surface area contributed by atoms with Gasteiger partial charge in [0.15, 0.2) is 0 Å². The Morgan fingerprint density at radius 3 is 2.63 bits per heavy atom. The Morgan fingerprint density at radius 2 is 1.97 bits per heavy atom. The summed E-state index contributed by atoms with van der Waals surface area (Å²) >= 11 is 13.0. The SMILES string of the molecule is C=CC1=C(/C=C(\C)OCc2c(-c3c(Cl)cccc3Cl)noc2C2CC2)CCC(=O)N1c1ccc(C)c(O)c1. The number of halogens is 2. The lowest BCUT2D eigenvalue weighted by Crippen LogP contribution is -2.33. The lowest BCUT2D eigenvalue weighted by atomic mass is 9.99. The third kappa shape index (κ3) is 5.11. The van der Waals surface area contributed by atoms with Crippen LogP contribution in [0.1, 0.15) is 55.4 Å². The van der Waals surface area contributed by atoms with Crippen molar-refractivity contribution >= 4 is 34.8 Å². The maximum atomic E-state index is 12.9. The molecule has 1 aliphatic carbocycles. The van der Waals surface area contributed by atoms with Crippen LogP contribution in [0.15, 0.2) is 76.7 Å². The number of rotatable bonds is 8. The molecule has 6 nitrogen and oxygen atoms in total. The molecule has 0 unspecified atom stereocenters. The molecule has 0 radical (unpaired) electrons. The predicted octanol–water partition coefficient (Wildman–Crippen LogP) is 8.23. The Balaban J connectivity index is 1.44. The second kappa shape index (κ2) is 10.7. The van der Waals surface area contributed by atoms with Gasteiger partial charge in [0.2, 0.25) is 5.91 Å². The molecule has 196 valence electrons. The topological polar surface area (TPSA) is 75.8 Å². The van der Waals surface area contributed by atoms with Crippen LogP contribution in [0.4, 0.5) is 5.69 Å². The van der Waals surface area contributed by atoms with Gasteiger partial charge in [-0.25, -0.2) is 0 Å². The largest absolute Gasteiger partial charge is 0.508 e. The fourth-order valence-electron chi connectivity index (χ4n) is 4.67. The van der Waals surface area contributed by atoms with Gasteiger partial charge in [-0.15, -0.1) is 0 Å². The van der Waals surface area contributed by atoms with Crippen LogP contribution >= 0.6 is 23.2 Å². The van der Waals surface area contributed by atoms with Crippen molar-refractivity contribution in [2.45, 2.75) is 52.1 Å². The molecular formula is C30H28Cl2N2O4. The Morgan fingerprint density at radius 1 is 1.24 bits per heavy atom. The van der Waals surface area contributed by atoms with E-state index in [0.717, 1.165) is 35.3 Å². The van der Waals surface area contributed by atoms with Gasteiger partial charge in [0.25, 0.3) is 0 Å². The number of allylic oxidation sites excluding steroid dienone is 4. The van der Waals surface area contributed by atoms with E-state index in [4.69, 9.17) is 32.5 Å². The normalized spacial score (nSPS) is 16.3. The number of carbonyl (C=O) groups is 1. The average Bonchev–Trinajstić information content (AvgIpc) is 3.65. The molecule has 1 fully saturated rings. The molecule has 1 saturated carbocycles. The van der Waals surface area contributed by atoms with E-state index < -0.39 is 0 Å². The third-order valence-corrected chi connectivity index (χ3v) is 7.49. The first kappa shape index (κ1) is 26.1. The number of phenolic OH excluding ortho intramolecular Hbond substituents is 1. The smallest absolute Gasteiger partial charge is 0.231 e. The van der Waals surface area contributed by atoms with Crippen LogP contribution in [0.2, 0.25) is 10.0 Å². The summed E-state index contributed by atoms with van der Waals surface area (Å²) in [4.78, 5) is 14.5. The summed E-state index contributed by atoms with van der Waals surface area (Å²) in [6, 6.07) is 10.5. The second-order valence-corrected chi connectivity index (χ2v) is 10.4. The molecule has 0 saturated heterocycles. The van der Waals surface area contributed by atoms with Crippen LogP contribution in [-0.4, -0.2) is 16.2 Å². The van der Waals surface area contributed by atoms with Gasteiger partial charge in [0.1, 0.15) is 23.8 Å². The van der Waals surface area contributed by atoms with Crippen molar-refractivity contribution in [1.82, 2.24) is 5.16 Å². The summed E-state index contributed by atoms with van der Waals surface area (Å²) in [6.07, 6.45) is 6.56. The first-order chi connectivity index (χ1) is 18.3. The summed E-state index contributed by atoms with van der Waals surface area (Å²) in [5, 5.41) is 15.5. The number of nitrogens with zero attached hydrogens (tertiary/aromatic N) is 2. The predicted molar refractivity (Wildman–Crippen MR) is 149 cm³/mol. The number of anilines is 1. The zero-order valence-corrected chi connectivity index (χ0v) is 22.8. The van der Waals surface area contributed by atoms with Crippen molar-refractivity contribution in [2.75, 3.05) is 4.90 Å². The van der Waals surface area contributed by atoms with E-state index in [2.05, 4.69) is 11.7 Å². The lowest BCUT2D eigenvalue weighted by Gasteiger charge is -2.30. The highest BCUT2D eigenvalue weighted by Gasteiger charge is 2.34. The highest BCUT2D eigenvalue weighted by molar-refractivity contribution is 6.39. The number of hydrogen-bond donors (Lipinski definition) is 1. The maximum Gasteiger partial charge on any atom is 0.231 e. The molecule has 0 bridgehead atoms. The Hall–Kier alpha value is -3.48. The van der Waals surface area contributed by atoms with Crippen LogP contribution in [0.5, 0.6) is 5.75 Å². The molecule has 0 spiro atoms. The number of benzene rings is 2. The van der Waals surface area contributed by atoms with E-state index in [1.807, 2.05) is 26.0 Å². The van der Waals surface area contributed by atoms with E-state index in [0.29, 0.717) is 57.2 Å². The van der Waals surface area contributed by atoms with Gasteiger partial charge in [-0.2, -0.15) is 0 Å². The summed E-state index contributed by atoms with van der Waals surface area (Å²) in [6.45, 7) is 7.87. The van der Waals surface area contributed by atoms with Gasteiger partial charge in [-0.3, -0.25) is 9.69 Å². The van der Waals surface area contributed by atoms with Gasteiger partial charge in [0, 0.05) is 24.0 Å². The van der Waals surface area contributed by atoms with Crippen LogP contribution < -0.4 is 4.90 Å². The molecule has 5 rings (SSSR count). The number of hydrogen-bond acceptors (Lipinski definition) is 5.